The summed E-state index contributed by atoms with van der Waals surface area (Å²) in [6.45, 7) is 0. The first kappa shape index (κ1) is 17.9. The Bertz CT molecular complexity index is 1330. The zero-order chi connectivity index (χ0) is 19.5. The highest BCUT2D eigenvalue weighted by molar-refractivity contribution is 7.07. The van der Waals surface area contributed by atoms with Crippen molar-refractivity contribution in [2.75, 3.05) is 7.11 Å². The van der Waals surface area contributed by atoms with Gasteiger partial charge in [0.15, 0.2) is 5.78 Å². The van der Waals surface area contributed by atoms with E-state index in [0.717, 1.165) is 16.3 Å². The van der Waals surface area contributed by atoms with E-state index in [9.17, 15) is 9.59 Å². The number of benzene rings is 3. The highest BCUT2D eigenvalue weighted by Crippen LogP contribution is 2.16. The SMILES string of the molecule is COc1ccc(C(=O)/C=c2\[nH]c(=O)/c(=C\c3ccc4ccccc4c3)s2)cc1. The minimum Gasteiger partial charge on any atom is -0.497 e. The van der Waals surface area contributed by atoms with Gasteiger partial charge in [0.1, 0.15) is 5.75 Å². The lowest BCUT2D eigenvalue weighted by Gasteiger charge is -1.99. The van der Waals surface area contributed by atoms with Gasteiger partial charge in [-0.3, -0.25) is 9.59 Å². The Balaban J connectivity index is 1.68. The summed E-state index contributed by atoms with van der Waals surface area (Å²) in [4.78, 5) is 27.5. The standard InChI is InChI=1S/C23H17NO3S/c1-27-19-10-8-17(9-11-19)20(25)14-22-24-23(26)21(28-22)13-15-6-7-16-4-2-3-5-18(16)12-15/h2-14H,1H3,(H,24,26)/b21-13+,22-14+. The summed E-state index contributed by atoms with van der Waals surface area (Å²) in [6, 6.07) is 21.0. The van der Waals surface area contributed by atoms with Gasteiger partial charge in [0.25, 0.3) is 5.56 Å². The van der Waals surface area contributed by atoms with Crippen molar-refractivity contribution in [1.82, 2.24) is 4.98 Å². The third kappa shape index (κ3) is 3.80. The third-order valence-corrected chi connectivity index (χ3v) is 5.35. The van der Waals surface area contributed by atoms with Crippen molar-refractivity contribution in [3.05, 3.63) is 97.4 Å². The first-order valence-corrected chi connectivity index (χ1v) is 9.54. The molecule has 5 heteroatoms. The second kappa shape index (κ2) is 7.66. The molecule has 4 rings (SSSR count). The van der Waals surface area contributed by atoms with Gasteiger partial charge in [-0.15, -0.1) is 11.3 Å². The fourth-order valence-electron chi connectivity index (χ4n) is 2.93. The number of hydrogen-bond donors (Lipinski definition) is 1. The Labute approximate surface area is 165 Å². The molecule has 0 radical (unpaired) electrons. The van der Waals surface area contributed by atoms with E-state index in [1.165, 1.54) is 17.4 Å². The van der Waals surface area contributed by atoms with Crippen molar-refractivity contribution in [2.24, 2.45) is 0 Å². The number of methoxy groups -OCH3 is 1. The maximum absolute atomic E-state index is 12.4. The third-order valence-electron chi connectivity index (χ3n) is 4.39. The molecule has 0 fully saturated rings. The van der Waals surface area contributed by atoms with Crippen LogP contribution in [-0.2, 0) is 0 Å². The van der Waals surface area contributed by atoms with Gasteiger partial charge < -0.3 is 9.72 Å². The first-order chi connectivity index (χ1) is 13.6. The Kier molecular flexibility index (Phi) is 4.91. The fourth-order valence-corrected chi connectivity index (χ4v) is 3.82. The second-order valence-corrected chi connectivity index (χ2v) is 7.36. The number of carbonyl (C=O) groups excluding carboxylic acids is 1. The van der Waals surface area contributed by atoms with Crippen LogP contribution in [0.5, 0.6) is 5.75 Å². The fraction of sp³-hybridized carbons (Fsp3) is 0.0435. The van der Waals surface area contributed by atoms with Crippen LogP contribution < -0.4 is 19.5 Å². The summed E-state index contributed by atoms with van der Waals surface area (Å²) in [5, 5.41) is 2.27. The zero-order valence-electron chi connectivity index (χ0n) is 15.1. The number of rotatable bonds is 4. The number of Topliss-reactive ketones (excluding diaryl/α,β-unsaturated/α-hetero) is 1. The molecule has 0 unspecified atom stereocenters. The number of hydrogen-bond acceptors (Lipinski definition) is 4. The number of thiazole rings is 1. The topological polar surface area (TPSA) is 59.2 Å². The molecular weight excluding hydrogens is 370 g/mol. The number of ketones is 1. The minimum absolute atomic E-state index is 0.169. The molecule has 0 amide bonds. The molecule has 0 spiro atoms. The Morgan fingerprint density at radius 2 is 1.75 bits per heavy atom. The van der Waals surface area contributed by atoms with E-state index in [0.29, 0.717) is 20.5 Å². The van der Waals surface area contributed by atoms with Gasteiger partial charge in [0.2, 0.25) is 0 Å². The Morgan fingerprint density at radius 3 is 2.50 bits per heavy atom. The molecule has 1 aromatic heterocycles. The summed E-state index contributed by atoms with van der Waals surface area (Å²) in [6.07, 6.45) is 3.29. The number of carbonyl (C=O) groups is 1. The zero-order valence-corrected chi connectivity index (χ0v) is 16.0. The van der Waals surface area contributed by atoms with Gasteiger partial charge in [-0.25, -0.2) is 0 Å². The first-order valence-electron chi connectivity index (χ1n) is 8.72. The van der Waals surface area contributed by atoms with E-state index in [4.69, 9.17) is 4.74 Å². The van der Waals surface area contributed by atoms with Crippen molar-refractivity contribution in [3.63, 3.8) is 0 Å². The predicted octanol–water partition coefficient (Wildman–Crippen LogP) is 3.09. The van der Waals surface area contributed by atoms with Crippen LogP contribution in [0, 0.1) is 0 Å². The Morgan fingerprint density at radius 1 is 1.00 bits per heavy atom. The molecule has 0 saturated carbocycles. The molecule has 1 heterocycles. The van der Waals surface area contributed by atoms with E-state index < -0.39 is 0 Å². The normalized spacial score (nSPS) is 12.5. The van der Waals surface area contributed by atoms with Crippen molar-refractivity contribution < 1.29 is 9.53 Å². The second-order valence-electron chi connectivity index (χ2n) is 6.27. The van der Waals surface area contributed by atoms with E-state index >= 15 is 0 Å². The van der Waals surface area contributed by atoms with Crippen LogP contribution in [0.3, 0.4) is 0 Å². The molecule has 0 aliphatic heterocycles. The molecule has 0 atom stereocenters. The van der Waals surface area contributed by atoms with E-state index in [1.807, 2.05) is 42.5 Å². The average Bonchev–Trinajstić information content (AvgIpc) is 3.06. The predicted molar refractivity (Wildman–Crippen MR) is 113 cm³/mol. The molecule has 1 N–H and O–H groups in total. The molecule has 3 aromatic carbocycles. The smallest absolute Gasteiger partial charge is 0.266 e. The van der Waals surface area contributed by atoms with Crippen LogP contribution in [-0.4, -0.2) is 17.9 Å². The average molecular weight is 387 g/mol. The van der Waals surface area contributed by atoms with Crippen molar-refractivity contribution in [1.29, 1.82) is 0 Å². The lowest BCUT2D eigenvalue weighted by molar-refractivity contribution is 0.106. The molecule has 0 aliphatic carbocycles. The number of fused-ring (bicyclic) bond motifs is 1. The molecule has 4 nitrogen and oxygen atoms in total. The van der Waals surface area contributed by atoms with Gasteiger partial charge in [-0.2, -0.15) is 0 Å². The minimum atomic E-state index is -0.202. The summed E-state index contributed by atoms with van der Waals surface area (Å²) < 4.78 is 6.18. The van der Waals surface area contributed by atoms with Crippen LogP contribution in [0.25, 0.3) is 22.9 Å². The van der Waals surface area contributed by atoms with Crippen LogP contribution in [0.2, 0.25) is 0 Å². The van der Waals surface area contributed by atoms with E-state index in [1.54, 1.807) is 31.4 Å². The monoisotopic (exact) mass is 387 g/mol. The number of aromatic amines is 1. The van der Waals surface area contributed by atoms with Crippen LogP contribution >= 0.6 is 11.3 Å². The number of ether oxygens (including phenoxy) is 1. The van der Waals surface area contributed by atoms with E-state index in [2.05, 4.69) is 11.1 Å². The van der Waals surface area contributed by atoms with Gasteiger partial charge in [0, 0.05) is 11.6 Å². The maximum atomic E-state index is 12.4. The highest BCUT2D eigenvalue weighted by atomic mass is 32.1. The summed E-state index contributed by atoms with van der Waals surface area (Å²) in [5.74, 6) is 0.519. The van der Waals surface area contributed by atoms with Crippen LogP contribution in [0.1, 0.15) is 15.9 Å². The number of H-pyrrole nitrogens is 1. The molecule has 0 bridgehead atoms. The van der Waals surface area contributed by atoms with Gasteiger partial charge >= 0.3 is 0 Å². The molecule has 28 heavy (non-hydrogen) atoms. The summed E-state index contributed by atoms with van der Waals surface area (Å²) in [7, 11) is 1.58. The van der Waals surface area contributed by atoms with E-state index in [-0.39, 0.29) is 11.3 Å². The van der Waals surface area contributed by atoms with Crippen molar-refractivity contribution >= 4 is 40.0 Å². The highest BCUT2D eigenvalue weighted by Gasteiger charge is 2.04. The molecule has 0 aliphatic rings. The molecule has 138 valence electrons. The van der Waals surface area contributed by atoms with Crippen LogP contribution in [0.15, 0.2) is 71.5 Å². The molecular formula is C23H17NO3S. The molecule has 0 saturated heterocycles. The summed E-state index contributed by atoms with van der Waals surface area (Å²) >= 11 is 1.27. The lowest BCUT2D eigenvalue weighted by Crippen LogP contribution is -2.20. The van der Waals surface area contributed by atoms with Gasteiger partial charge in [0.05, 0.1) is 16.3 Å². The lowest BCUT2D eigenvalue weighted by atomic mass is 10.1. The number of nitrogens with one attached hydrogen (secondary N) is 1. The Hall–Kier alpha value is -3.44. The largest absolute Gasteiger partial charge is 0.497 e. The van der Waals surface area contributed by atoms with Gasteiger partial charge in [-0.05, 0) is 52.7 Å². The van der Waals surface area contributed by atoms with Crippen molar-refractivity contribution in [2.45, 2.75) is 0 Å². The quantitative estimate of drug-likeness (QED) is 0.548. The number of aromatic nitrogens is 1. The van der Waals surface area contributed by atoms with Crippen molar-refractivity contribution in [3.8, 4) is 5.75 Å². The van der Waals surface area contributed by atoms with Crippen LogP contribution in [0.4, 0.5) is 0 Å². The maximum Gasteiger partial charge on any atom is 0.266 e. The van der Waals surface area contributed by atoms with Gasteiger partial charge in [-0.1, -0.05) is 36.4 Å². The molecule has 4 aromatic rings. The summed E-state index contributed by atoms with van der Waals surface area (Å²) in [5.41, 5.74) is 1.28.